The average molecular weight is 266 g/mol. The number of aliphatic hydroxyl groups excluding tert-OH is 1. The molecular formula is C14H22N2O3. The molecule has 0 saturated carbocycles. The third-order valence-electron chi connectivity index (χ3n) is 3.63. The number of aliphatic hydroxyl groups is 1. The van der Waals surface area contributed by atoms with Crippen LogP contribution in [-0.2, 0) is 0 Å². The van der Waals surface area contributed by atoms with E-state index in [0.29, 0.717) is 5.56 Å². The Morgan fingerprint density at radius 1 is 1.26 bits per heavy atom. The Morgan fingerprint density at radius 2 is 1.95 bits per heavy atom. The van der Waals surface area contributed by atoms with Crippen molar-refractivity contribution in [2.75, 3.05) is 32.7 Å². The van der Waals surface area contributed by atoms with Crippen molar-refractivity contribution in [3.05, 3.63) is 23.8 Å². The molecule has 0 radical (unpaired) electrons. The zero-order valence-corrected chi connectivity index (χ0v) is 11.2. The lowest BCUT2D eigenvalue weighted by Crippen LogP contribution is -2.45. The number of nitrogens with zero attached hydrogens (tertiary/aromatic N) is 1. The molecule has 1 aliphatic rings. The minimum absolute atomic E-state index is 0.00297. The van der Waals surface area contributed by atoms with Crippen LogP contribution in [0.5, 0.6) is 11.5 Å². The van der Waals surface area contributed by atoms with E-state index in [1.807, 2.05) is 6.92 Å². The fourth-order valence-electron chi connectivity index (χ4n) is 2.49. The van der Waals surface area contributed by atoms with E-state index in [0.717, 1.165) is 32.7 Å². The van der Waals surface area contributed by atoms with Crippen molar-refractivity contribution < 1.29 is 15.3 Å². The summed E-state index contributed by atoms with van der Waals surface area (Å²) in [6.07, 6.45) is -0.726. The number of rotatable bonds is 4. The maximum Gasteiger partial charge on any atom is 0.125 e. The van der Waals surface area contributed by atoms with E-state index in [4.69, 9.17) is 0 Å². The van der Waals surface area contributed by atoms with Gasteiger partial charge >= 0.3 is 0 Å². The summed E-state index contributed by atoms with van der Waals surface area (Å²) in [6.45, 7) is 6.69. The van der Waals surface area contributed by atoms with Gasteiger partial charge < -0.3 is 25.5 Å². The van der Waals surface area contributed by atoms with Crippen LogP contribution < -0.4 is 5.32 Å². The van der Waals surface area contributed by atoms with Crippen LogP contribution in [0.2, 0.25) is 0 Å². The molecule has 0 spiro atoms. The van der Waals surface area contributed by atoms with Crippen molar-refractivity contribution in [1.29, 1.82) is 0 Å². The van der Waals surface area contributed by atoms with Gasteiger partial charge in [0.25, 0.3) is 0 Å². The fraction of sp³-hybridized carbons (Fsp3) is 0.571. The van der Waals surface area contributed by atoms with Gasteiger partial charge in [0.05, 0.1) is 6.10 Å². The Hall–Kier alpha value is -1.30. The van der Waals surface area contributed by atoms with Crippen LogP contribution in [0.3, 0.4) is 0 Å². The first-order chi connectivity index (χ1) is 9.08. The maximum atomic E-state index is 10.3. The zero-order chi connectivity index (χ0) is 13.8. The molecule has 0 aromatic heterocycles. The molecule has 5 heteroatoms. The lowest BCUT2D eigenvalue weighted by molar-refractivity contribution is 0.0822. The SMILES string of the molecule is CC(CN1CCNCC1)C(O)c1ccc(O)cc1O. The topological polar surface area (TPSA) is 76.0 Å². The first kappa shape index (κ1) is 14.1. The molecule has 1 aromatic carbocycles. The summed E-state index contributed by atoms with van der Waals surface area (Å²) < 4.78 is 0. The van der Waals surface area contributed by atoms with Crippen LogP contribution in [0.15, 0.2) is 18.2 Å². The third-order valence-corrected chi connectivity index (χ3v) is 3.63. The lowest BCUT2D eigenvalue weighted by atomic mass is 9.96. The van der Waals surface area contributed by atoms with Crippen molar-refractivity contribution in [2.24, 2.45) is 5.92 Å². The monoisotopic (exact) mass is 266 g/mol. The number of aromatic hydroxyl groups is 2. The molecule has 2 atom stereocenters. The van der Waals surface area contributed by atoms with Crippen molar-refractivity contribution in [2.45, 2.75) is 13.0 Å². The second-order valence-corrected chi connectivity index (χ2v) is 5.22. The highest BCUT2D eigenvalue weighted by atomic mass is 16.3. The number of phenolic OH excluding ortho intramolecular Hbond substituents is 2. The molecule has 2 unspecified atom stereocenters. The maximum absolute atomic E-state index is 10.3. The van der Waals surface area contributed by atoms with Crippen LogP contribution in [0.4, 0.5) is 0 Å². The van der Waals surface area contributed by atoms with E-state index >= 15 is 0 Å². The molecule has 106 valence electrons. The van der Waals surface area contributed by atoms with Crippen LogP contribution in [-0.4, -0.2) is 52.9 Å². The number of nitrogens with one attached hydrogen (secondary N) is 1. The van der Waals surface area contributed by atoms with Gasteiger partial charge in [-0.1, -0.05) is 6.92 Å². The molecule has 1 aliphatic heterocycles. The van der Waals surface area contributed by atoms with E-state index < -0.39 is 6.10 Å². The Kier molecular flexibility index (Phi) is 4.63. The quantitative estimate of drug-likeness (QED) is 0.644. The number of phenols is 2. The number of hydrogen-bond acceptors (Lipinski definition) is 5. The Labute approximate surface area is 113 Å². The zero-order valence-electron chi connectivity index (χ0n) is 11.2. The van der Waals surface area contributed by atoms with Gasteiger partial charge in [-0.15, -0.1) is 0 Å². The van der Waals surface area contributed by atoms with E-state index in [1.54, 1.807) is 6.07 Å². The van der Waals surface area contributed by atoms with Crippen LogP contribution in [0, 0.1) is 5.92 Å². The summed E-state index contributed by atoms with van der Waals surface area (Å²) in [7, 11) is 0. The van der Waals surface area contributed by atoms with Gasteiger partial charge in [0, 0.05) is 44.4 Å². The van der Waals surface area contributed by atoms with Crippen LogP contribution >= 0.6 is 0 Å². The second-order valence-electron chi connectivity index (χ2n) is 5.22. The molecule has 1 aromatic rings. The van der Waals surface area contributed by atoms with Gasteiger partial charge in [0.2, 0.25) is 0 Å². The van der Waals surface area contributed by atoms with Crippen molar-refractivity contribution in [3.63, 3.8) is 0 Å². The molecule has 0 aliphatic carbocycles. The first-order valence-electron chi connectivity index (χ1n) is 6.71. The van der Waals surface area contributed by atoms with Gasteiger partial charge in [0.15, 0.2) is 0 Å². The highest BCUT2D eigenvalue weighted by Gasteiger charge is 2.22. The van der Waals surface area contributed by atoms with E-state index in [-0.39, 0.29) is 17.4 Å². The van der Waals surface area contributed by atoms with Crippen LogP contribution in [0.25, 0.3) is 0 Å². The van der Waals surface area contributed by atoms with Gasteiger partial charge in [-0.25, -0.2) is 0 Å². The van der Waals surface area contributed by atoms with Crippen molar-refractivity contribution >= 4 is 0 Å². The highest BCUT2D eigenvalue weighted by Crippen LogP contribution is 2.32. The summed E-state index contributed by atoms with van der Waals surface area (Å²) in [5.74, 6) is -0.0311. The summed E-state index contributed by atoms with van der Waals surface area (Å²) in [6, 6.07) is 4.31. The molecule has 1 fully saturated rings. The lowest BCUT2D eigenvalue weighted by Gasteiger charge is -2.31. The van der Waals surface area contributed by atoms with Crippen molar-refractivity contribution in [1.82, 2.24) is 10.2 Å². The number of benzene rings is 1. The first-order valence-corrected chi connectivity index (χ1v) is 6.71. The predicted molar refractivity (Wildman–Crippen MR) is 73.2 cm³/mol. The van der Waals surface area contributed by atoms with Gasteiger partial charge in [0.1, 0.15) is 11.5 Å². The van der Waals surface area contributed by atoms with Gasteiger partial charge in [-0.3, -0.25) is 0 Å². The second kappa shape index (κ2) is 6.23. The number of piperazine rings is 1. The summed E-state index contributed by atoms with van der Waals surface area (Å²) in [5, 5.41) is 32.6. The normalized spacial score (nSPS) is 20.1. The molecule has 1 heterocycles. The Bertz CT molecular complexity index is 419. The Balaban J connectivity index is 1.99. The third kappa shape index (κ3) is 3.59. The molecule has 2 rings (SSSR count). The number of hydrogen-bond donors (Lipinski definition) is 4. The van der Waals surface area contributed by atoms with E-state index in [9.17, 15) is 15.3 Å². The minimum Gasteiger partial charge on any atom is -0.508 e. The van der Waals surface area contributed by atoms with Gasteiger partial charge in [-0.2, -0.15) is 0 Å². The molecule has 5 nitrogen and oxygen atoms in total. The summed E-state index contributed by atoms with van der Waals surface area (Å²) >= 11 is 0. The minimum atomic E-state index is -0.726. The predicted octanol–water partition coefficient (Wildman–Crippen LogP) is 0.672. The highest BCUT2D eigenvalue weighted by molar-refractivity contribution is 5.40. The standard InChI is InChI=1S/C14H22N2O3/c1-10(9-16-6-4-15-5-7-16)14(19)12-3-2-11(17)8-13(12)18/h2-3,8,10,14-15,17-19H,4-7,9H2,1H3. The molecule has 0 bridgehead atoms. The average Bonchev–Trinajstić information content (AvgIpc) is 2.39. The smallest absolute Gasteiger partial charge is 0.125 e. The van der Waals surface area contributed by atoms with Crippen LogP contribution in [0.1, 0.15) is 18.6 Å². The molecular weight excluding hydrogens is 244 g/mol. The van der Waals surface area contributed by atoms with E-state index in [1.165, 1.54) is 12.1 Å². The molecule has 1 saturated heterocycles. The molecule has 0 amide bonds. The summed E-state index contributed by atoms with van der Waals surface area (Å²) in [4.78, 5) is 2.31. The van der Waals surface area contributed by atoms with Crippen molar-refractivity contribution in [3.8, 4) is 11.5 Å². The summed E-state index contributed by atoms with van der Waals surface area (Å²) in [5.41, 5.74) is 0.473. The molecule has 4 N–H and O–H groups in total. The largest absolute Gasteiger partial charge is 0.508 e. The Morgan fingerprint density at radius 3 is 2.58 bits per heavy atom. The fourth-order valence-corrected chi connectivity index (χ4v) is 2.49. The van der Waals surface area contributed by atoms with Gasteiger partial charge in [-0.05, 0) is 18.1 Å². The molecule has 19 heavy (non-hydrogen) atoms. The van der Waals surface area contributed by atoms with E-state index in [2.05, 4.69) is 10.2 Å².